The molecule has 0 radical (unpaired) electrons. The summed E-state index contributed by atoms with van der Waals surface area (Å²) in [4.78, 5) is 24.0. The van der Waals surface area contributed by atoms with Gasteiger partial charge in [0.05, 0.1) is 20.0 Å². The zero-order chi connectivity index (χ0) is 16.8. The largest absolute Gasteiger partial charge is 0.335 e. The SMILES string of the molecule is O=C(c1ccc(-c2nc3ccccc3s2)s1)N1CCN(C2CC2)CC1. The number of thiophene rings is 1. The molecule has 0 N–H and O–H groups in total. The molecular formula is C19H19N3OS2. The number of amides is 1. The Morgan fingerprint density at radius 3 is 2.56 bits per heavy atom. The molecule has 1 saturated heterocycles. The summed E-state index contributed by atoms with van der Waals surface area (Å²) < 4.78 is 1.19. The van der Waals surface area contributed by atoms with Crippen molar-refractivity contribution >= 4 is 38.8 Å². The van der Waals surface area contributed by atoms with Gasteiger partial charge in [-0.2, -0.15) is 0 Å². The maximum atomic E-state index is 12.8. The van der Waals surface area contributed by atoms with E-state index in [2.05, 4.69) is 11.0 Å². The maximum Gasteiger partial charge on any atom is 0.264 e. The third-order valence-electron chi connectivity index (χ3n) is 4.99. The van der Waals surface area contributed by atoms with Gasteiger partial charge in [-0.15, -0.1) is 22.7 Å². The Kier molecular flexibility index (Phi) is 3.84. The average Bonchev–Trinajstić information content (AvgIpc) is 3.22. The first-order chi connectivity index (χ1) is 12.3. The van der Waals surface area contributed by atoms with Crippen molar-refractivity contribution in [1.29, 1.82) is 0 Å². The lowest BCUT2D eigenvalue weighted by Crippen LogP contribution is -2.49. The molecule has 3 heterocycles. The molecule has 2 fully saturated rings. The van der Waals surface area contributed by atoms with Crippen molar-refractivity contribution in [2.24, 2.45) is 0 Å². The van der Waals surface area contributed by atoms with Crippen molar-refractivity contribution in [2.75, 3.05) is 26.2 Å². The first-order valence-corrected chi connectivity index (χ1v) is 10.4. The first kappa shape index (κ1) is 15.5. The highest BCUT2D eigenvalue weighted by Crippen LogP contribution is 2.35. The molecular weight excluding hydrogens is 350 g/mol. The predicted molar refractivity (Wildman–Crippen MR) is 103 cm³/mol. The van der Waals surface area contributed by atoms with Gasteiger partial charge in [-0.25, -0.2) is 4.98 Å². The van der Waals surface area contributed by atoms with Gasteiger partial charge < -0.3 is 4.90 Å². The minimum Gasteiger partial charge on any atom is -0.335 e. The van der Waals surface area contributed by atoms with E-state index in [-0.39, 0.29) is 5.91 Å². The van der Waals surface area contributed by atoms with E-state index in [1.165, 1.54) is 17.5 Å². The van der Waals surface area contributed by atoms with Crippen LogP contribution >= 0.6 is 22.7 Å². The monoisotopic (exact) mass is 369 g/mol. The Balaban J connectivity index is 1.32. The van der Waals surface area contributed by atoms with Gasteiger partial charge in [0.15, 0.2) is 0 Å². The molecule has 1 amide bonds. The van der Waals surface area contributed by atoms with Gasteiger partial charge in [0.1, 0.15) is 5.01 Å². The Labute approximate surface area is 154 Å². The number of carbonyl (C=O) groups excluding carboxylic acids is 1. The van der Waals surface area contributed by atoms with E-state index in [1.54, 1.807) is 22.7 Å². The van der Waals surface area contributed by atoms with Crippen LogP contribution in [0.2, 0.25) is 0 Å². The third kappa shape index (κ3) is 2.99. The number of carbonyl (C=O) groups is 1. The zero-order valence-corrected chi connectivity index (χ0v) is 15.5. The summed E-state index contributed by atoms with van der Waals surface area (Å²) in [5.74, 6) is 0.174. The summed E-state index contributed by atoms with van der Waals surface area (Å²) in [6.07, 6.45) is 2.68. The lowest BCUT2D eigenvalue weighted by molar-refractivity contribution is 0.0632. The van der Waals surface area contributed by atoms with E-state index >= 15 is 0 Å². The number of aromatic nitrogens is 1. The van der Waals surface area contributed by atoms with Gasteiger partial charge in [0, 0.05) is 32.2 Å². The van der Waals surface area contributed by atoms with Gasteiger partial charge in [0.25, 0.3) is 5.91 Å². The fourth-order valence-electron chi connectivity index (χ4n) is 3.43. The number of para-hydroxylation sites is 1. The summed E-state index contributed by atoms with van der Waals surface area (Å²) in [7, 11) is 0. The van der Waals surface area contributed by atoms with Crippen LogP contribution in [0.3, 0.4) is 0 Å². The molecule has 3 aromatic rings. The molecule has 2 aromatic heterocycles. The molecule has 0 bridgehead atoms. The van der Waals surface area contributed by atoms with E-state index in [4.69, 9.17) is 4.98 Å². The highest BCUT2D eigenvalue weighted by atomic mass is 32.1. The number of piperazine rings is 1. The summed E-state index contributed by atoms with van der Waals surface area (Å²) in [5.41, 5.74) is 1.03. The van der Waals surface area contributed by atoms with Crippen LogP contribution in [-0.2, 0) is 0 Å². The average molecular weight is 370 g/mol. The normalized spacial score (nSPS) is 18.8. The van der Waals surface area contributed by atoms with Crippen molar-refractivity contribution < 1.29 is 4.79 Å². The molecule has 1 aromatic carbocycles. The smallest absolute Gasteiger partial charge is 0.264 e. The van der Waals surface area contributed by atoms with Crippen molar-refractivity contribution in [2.45, 2.75) is 18.9 Å². The number of hydrogen-bond donors (Lipinski definition) is 0. The van der Waals surface area contributed by atoms with Gasteiger partial charge in [-0.05, 0) is 37.1 Å². The minimum atomic E-state index is 0.174. The van der Waals surface area contributed by atoms with Crippen LogP contribution in [0.5, 0.6) is 0 Å². The molecule has 25 heavy (non-hydrogen) atoms. The van der Waals surface area contributed by atoms with Crippen molar-refractivity contribution in [3.8, 4) is 9.88 Å². The molecule has 1 saturated carbocycles. The van der Waals surface area contributed by atoms with Crippen LogP contribution in [0, 0.1) is 0 Å². The lowest BCUT2D eigenvalue weighted by Gasteiger charge is -2.34. The second kappa shape index (κ2) is 6.20. The Bertz CT molecular complexity index is 887. The van der Waals surface area contributed by atoms with E-state index in [9.17, 15) is 4.79 Å². The summed E-state index contributed by atoms with van der Waals surface area (Å²) in [5, 5.41) is 1.00. The summed E-state index contributed by atoms with van der Waals surface area (Å²) in [6.45, 7) is 3.74. The summed E-state index contributed by atoms with van der Waals surface area (Å²) in [6, 6.07) is 13.0. The molecule has 0 spiro atoms. The molecule has 4 nitrogen and oxygen atoms in total. The van der Waals surface area contributed by atoms with Gasteiger partial charge in [0.2, 0.25) is 0 Å². The van der Waals surface area contributed by atoms with E-state index in [1.807, 2.05) is 35.2 Å². The Morgan fingerprint density at radius 2 is 1.80 bits per heavy atom. The lowest BCUT2D eigenvalue weighted by atomic mass is 10.3. The standard InChI is InChI=1S/C19H19N3OS2/c23-19(22-11-9-21(10-12-22)13-5-6-13)17-8-7-16(24-17)18-20-14-3-1-2-4-15(14)25-18/h1-4,7-8,13H,5-6,9-12H2. The Hall–Kier alpha value is -1.76. The number of fused-ring (bicyclic) bond motifs is 1. The van der Waals surface area contributed by atoms with E-state index in [0.717, 1.165) is 52.5 Å². The molecule has 0 atom stereocenters. The topological polar surface area (TPSA) is 36.4 Å². The number of rotatable bonds is 3. The maximum absolute atomic E-state index is 12.8. The van der Waals surface area contributed by atoms with Crippen LogP contribution in [0.1, 0.15) is 22.5 Å². The molecule has 2 aliphatic rings. The molecule has 6 heteroatoms. The molecule has 5 rings (SSSR count). The fourth-order valence-corrected chi connectivity index (χ4v) is 5.43. The van der Waals surface area contributed by atoms with Gasteiger partial charge in [-0.1, -0.05) is 12.1 Å². The highest BCUT2D eigenvalue weighted by Gasteiger charge is 2.32. The first-order valence-electron chi connectivity index (χ1n) is 8.77. The fraction of sp³-hybridized carbons (Fsp3) is 0.368. The van der Waals surface area contributed by atoms with Crippen LogP contribution in [0.4, 0.5) is 0 Å². The van der Waals surface area contributed by atoms with Crippen LogP contribution in [-0.4, -0.2) is 52.9 Å². The van der Waals surface area contributed by atoms with Crippen molar-refractivity contribution in [1.82, 2.24) is 14.8 Å². The number of benzene rings is 1. The predicted octanol–water partition coefficient (Wildman–Crippen LogP) is 3.95. The summed E-state index contributed by atoms with van der Waals surface area (Å²) >= 11 is 3.25. The number of hydrogen-bond acceptors (Lipinski definition) is 5. The molecule has 1 aliphatic carbocycles. The van der Waals surface area contributed by atoms with Gasteiger partial charge in [-0.3, -0.25) is 9.69 Å². The number of thiazole rings is 1. The number of nitrogens with zero attached hydrogens (tertiary/aromatic N) is 3. The molecule has 0 unspecified atom stereocenters. The zero-order valence-electron chi connectivity index (χ0n) is 13.9. The van der Waals surface area contributed by atoms with Crippen LogP contribution in [0.25, 0.3) is 20.1 Å². The highest BCUT2D eigenvalue weighted by molar-refractivity contribution is 7.26. The van der Waals surface area contributed by atoms with E-state index in [0.29, 0.717) is 0 Å². The second-order valence-corrected chi connectivity index (χ2v) is 8.82. The van der Waals surface area contributed by atoms with Crippen molar-refractivity contribution in [3.05, 3.63) is 41.3 Å². The minimum absolute atomic E-state index is 0.174. The molecule has 128 valence electrons. The van der Waals surface area contributed by atoms with Gasteiger partial charge >= 0.3 is 0 Å². The van der Waals surface area contributed by atoms with E-state index < -0.39 is 0 Å². The van der Waals surface area contributed by atoms with Crippen LogP contribution < -0.4 is 0 Å². The van der Waals surface area contributed by atoms with Crippen molar-refractivity contribution in [3.63, 3.8) is 0 Å². The molecule has 1 aliphatic heterocycles. The quantitative estimate of drug-likeness (QED) is 0.701. The Morgan fingerprint density at radius 1 is 1.00 bits per heavy atom. The second-order valence-electron chi connectivity index (χ2n) is 6.71. The van der Waals surface area contributed by atoms with Crippen LogP contribution in [0.15, 0.2) is 36.4 Å². The third-order valence-corrected chi connectivity index (χ3v) is 7.27.